The maximum atomic E-state index is 13.5. The number of benzene rings is 3. The van der Waals surface area contributed by atoms with E-state index in [2.05, 4.69) is 0 Å². The van der Waals surface area contributed by atoms with Crippen LogP contribution in [0.1, 0.15) is 17.2 Å². The van der Waals surface area contributed by atoms with Gasteiger partial charge in [-0.05, 0) is 48.9 Å². The third-order valence-corrected chi connectivity index (χ3v) is 6.89. The smallest absolute Gasteiger partial charge is 0.295 e. The fourth-order valence-corrected chi connectivity index (χ4v) is 5.13. The van der Waals surface area contributed by atoms with Crippen molar-refractivity contribution in [3.63, 3.8) is 0 Å². The van der Waals surface area contributed by atoms with Crippen molar-refractivity contribution in [2.75, 3.05) is 4.90 Å². The Labute approximate surface area is 173 Å². The molecule has 0 saturated heterocycles. The summed E-state index contributed by atoms with van der Waals surface area (Å²) in [5.41, 5.74) is 1.66. The van der Waals surface area contributed by atoms with E-state index in [-0.39, 0.29) is 10.6 Å². The summed E-state index contributed by atoms with van der Waals surface area (Å²) < 4.78 is 40.3. The van der Waals surface area contributed by atoms with Crippen LogP contribution in [0.2, 0.25) is 0 Å². The van der Waals surface area contributed by atoms with Gasteiger partial charge in [0.05, 0.1) is 4.90 Å². The quantitative estimate of drug-likeness (QED) is 0.672. The van der Waals surface area contributed by atoms with Gasteiger partial charge in [-0.1, -0.05) is 48.0 Å². The van der Waals surface area contributed by atoms with Crippen molar-refractivity contribution in [3.8, 4) is 0 Å². The number of carbonyl (C=O) groups excluding carboxylic acids is 1. The molecule has 30 heavy (non-hydrogen) atoms. The number of aryl methyl sites for hydroxylation is 1. The van der Waals surface area contributed by atoms with Gasteiger partial charge in [-0.25, -0.2) is 12.8 Å². The van der Waals surface area contributed by atoms with E-state index < -0.39 is 38.3 Å². The number of hydrogen-bond acceptors (Lipinski definition) is 4. The minimum absolute atomic E-state index is 0.0238. The van der Waals surface area contributed by atoms with Crippen molar-refractivity contribution in [1.82, 2.24) is 0 Å². The molecule has 3 aromatic rings. The zero-order valence-corrected chi connectivity index (χ0v) is 16.8. The minimum Gasteiger partial charge on any atom is -0.502 e. The molecule has 0 unspecified atom stereocenters. The summed E-state index contributed by atoms with van der Waals surface area (Å²) in [6.07, 6.45) is 0. The predicted molar refractivity (Wildman–Crippen MR) is 111 cm³/mol. The van der Waals surface area contributed by atoms with Crippen molar-refractivity contribution >= 4 is 21.4 Å². The summed E-state index contributed by atoms with van der Waals surface area (Å²) >= 11 is 0. The highest BCUT2D eigenvalue weighted by atomic mass is 32.2. The normalized spacial score (nSPS) is 16.9. The number of rotatable bonds is 4. The molecule has 1 amide bonds. The first kappa shape index (κ1) is 19.8. The lowest BCUT2D eigenvalue weighted by Gasteiger charge is -2.27. The molecule has 152 valence electrons. The minimum atomic E-state index is -4.19. The Morgan fingerprint density at radius 3 is 2.10 bits per heavy atom. The Balaban J connectivity index is 1.92. The second kappa shape index (κ2) is 7.42. The van der Waals surface area contributed by atoms with E-state index in [1.54, 1.807) is 42.5 Å². The molecule has 1 heterocycles. The van der Waals surface area contributed by atoms with E-state index in [0.717, 1.165) is 5.56 Å². The van der Waals surface area contributed by atoms with Crippen LogP contribution in [-0.2, 0) is 14.6 Å². The molecule has 0 aromatic heterocycles. The van der Waals surface area contributed by atoms with Gasteiger partial charge < -0.3 is 5.11 Å². The third kappa shape index (κ3) is 3.27. The SMILES string of the molecule is Cc1ccc(S(=O)(=O)C2=C(O)C(=O)N(c3ccc(F)cc3)[C@H]2c2ccccc2)cc1. The van der Waals surface area contributed by atoms with Gasteiger partial charge in [0, 0.05) is 5.69 Å². The van der Waals surface area contributed by atoms with E-state index in [0.29, 0.717) is 5.56 Å². The molecule has 1 N–H and O–H groups in total. The van der Waals surface area contributed by atoms with Crippen LogP contribution in [-0.4, -0.2) is 19.4 Å². The summed E-state index contributed by atoms with van der Waals surface area (Å²) in [7, 11) is -4.19. The largest absolute Gasteiger partial charge is 0.502 e. The number of aliphatic hydroxyl groups excluding tert-OH is 1. The molecule has 1 atom stereocenters. The molecule has 0 saturated carbocycles. The lowest BCUT2D eigenvalue weighted by molar-refractivity contribution is -0.117. The van der Waals surface area contributed by atoms with Crippen LogP contribution in [0.25, 0.3) is 0 Å². The summed E-state index contributed by atoms with van der Waals surface area (Å²) in [4.78, 5) is 13.7. The van der Waals surface area contributed by atoms with Gasteiger partial charge in [0.2, 0.25) is 9.84 Å². The van der Waals surface area contributed by atoms with E-state index in [1.165, 1.54) is 41.3 Å². The highest BCUT2D eigenvalue weighted by molar-refractivity contribution is 7.95. The number of anilines is 1. The van der Waals surface area contributed by atoms with E-state index in [4.69, 9.17) is 0 Å². The topological polar surface area (TPSA) is 74.7 Å². The molecule has 4 rings (SSSR count). The standard InChI is InChI=1S/C23H18FNO4S/c1-15-7-13-19(14-8-15)30(28,29)22-20(16-5-3-2-4-6-16)25(23(27)21(22)26)18-11-9-17(24)10-12-18/h2-14,20,26H,1H3/t20-/m0/s1. The summed E-state index contributed by atoms with van der Waals surface area (Å²) in [6, 6.07) is 18.7. The van der Waals surface area contributed by atoms with Crippen LogP contribution in [0.5, 0.6) is 0 Å². The lowest BCUT2D eigenvalue weighted by atomic mass is 10.1. The average Bonchev–Trinajstić information content (AvgIpc) is 3.01. The van der Waals surface area contributed by atoms with E-state index >= 15 is 0 Å². The third-order valence-electron chi connectivity index (χ3n) is 5.00. The molecule has 7 heteroatoms. The Hall–Kier alpha value is -3.45. The van der Waals surface area contributed by atoms with Crippen molar-refractivity contribution in [2.45, 2.75) is 17.9 Å². The first-order valence-corrected chi connectivity index (χ1v) is 10.7. The maximum absolute atomic E-state index is 13.5. The fraction of sp³-hybridized carbons (Fsp3) is 0.0870. The lowest BCUT2D eigenvalue weighted by Crippen LogP contribution is -2.31. The van der Waals surface area contributed by atoms with Gasteiger partial charge >= 0.3 is 0 Å². The van der Waals surface area contributed by atoms with Gasteiger partial charge in [0.15, 0.2) is 5.76 Å². The molecule has 5 nitrogen and oxygen atoms in total. The Bertz CT molecular complexity index is 1230. The van der Waals surface area contributed by atoms with Crippen LogP contribution in [0.15, 0.2) is 94.4 Å². The number of sulfone groups is 1. The molecular weight excluding hydrogens is 405 g/mol. The molecule has 0 bridgehead atoms. The first-order chi connectivity index (χ1) is 14.3. The fourth-order valence-electron chi connectivity index (χ4n) is 3.51. The molecule has 3 aromatic carbocycles. The molecule has 0 fully saturated rings. The van der Waals surface area contributed by atoms with Crippen molar-refractivity contribution in [3.05, 3.63) is 106 Å². The second-order valence-electron chi connectivity index (χ2n) is 6.99. The summed E-state index contributed by atoms with van der Waals surface area (Å²) in [5.74, 6) is -2.19. The Morgan fingerprint density at radius 2 is 1.50 bits per heavy atom. The Kier molecular flexibility index (Phi) is 4.91. The molecular formula is C23H18FNO4S. The van der Waals surface area contributed by atoms with Gasteiger partial charge in [-0.15, -0.1) is 0 Å². The molecule has 0 radical (unpaired) electrons. The van der Waals surface area contributed by atoms with Gasteiger partial charge in [0.25, 0.3) is 5.91 Å². The molecule has 0 aliphatic carbocycles. The number of carbonyl (C=O) groups is 1. The second-order valence-corrected chi connectivity index (χ2v) is 8.91. The van der Waals surface area contributed by atoms with Gasteiger partial charge in [-0.3, -0.25) is 9.69 Å². The van der Waals surface area contributed by atoms with Gasteiger partial charge in [0.1, 0.15) is 16.8 Å². The number of halogens is 1. The average molecular weight is 423 g/mol. The zero-order chi connectivity index (χ0) is 21.5. The number of nitrogens with zero attached hydrogens (tertiary/aromatic N) is 1. The number of hydrogen-bond donors (Lipinski definition) is 1. The highest BCUT2D eigenvalue weighted by Crippen LogP contribution is 2.44. The summed E-state index contributed by atoms with van der Waals surface area (Å²) in [5, 5.41) is 10.7. The van der Waals surface area contributed by atoms with Crippen molar-refractivity contribution < 1.29 is 22.7 Å². The van der Waals surface area contributed by atoms with Crippen LogP contribution in [0, 0.1) is 12.7 Å². The van der Waals surface area contributed by atoms with Crippen LogP contribution in [0.4, 0.5) is 10.1 Å². The zero-order valence-electron chi connectivity index (χ0n) is 16.0. The monoisotopic (exact) mass is 423 g/mol. The van der Waals surface area contributed by atoms with Crippen molar-refractivity contribution in [2.24, 2.45) is 0 Å². The summed E-state index contributed by atoms with van der Waals surface area (Å²) in [6.45, 7) is 1.83. The predicted octanol–water partition coefficient (Wildman–Crippen LogP) is 4.47. The number of amides is 1. The number of aliphatic hydroxyl groups is 1. The molecule has 0 spiro atoms. The van der Waals surface area contributed by atoms with E-state index in [1.807, 2.05) is 6.92 Å². The highest BCUT2D eigenvalue weighted by Gasteiger charge is 2.47. The first-order valence-electron chi connectivity index (χ1n) is 9.19. The molecule has 1 aliphatic heterocycles. The van der Waals surface area contributed by atoms with E-state index in [9.17, 15) is 22.7 Å². The van der Waals surface area contributed by atoms with Crippen LogP contribution >= 0.6 is 0 Å². The Morgan fingerprint density at radius 1 is 0.900 bits per heavy atom. The van der Waals surface area contributed by atoms with Crippen LogP contribution in [0.3, 0.4) is 0 Å². The maximum Gasteiger partial charge on any atom is 0.295 e. The molecule has 1 aliphatic rings. The van der Waals surface area contributed by atoms with Crippen molar-refractivity contribution in [1.29, 1.82) is 0 Å². The van der Waals surface area contributed by atoms with Gasteiger partial charge in [-0.2, -0.15) is 0 Å². The van der Waals surface area contributed by atoms with Crippen LogP contribution < -0.4 is 4.90 Å².